The predicted octanol–water partition coefficient (Wildman–Crippen LogP) is 1.92. The first-order valence-electron chi connectivity index (χ1n) is 6.24. The van der Waals surface area contributed by atoms with Gasteiger partial charge in [-0.3, -0.25) is 9.59 Å². The first kappa shape index (κ1) is 15.4. The fourth-order valence-electron chi connectivity index (χ4n) is 1.67. The summed E-state index contributed by atoms with van der Waals surface area (Å²) in [6.07, 6.45) is 1.79. The zero-order valence-corrected chi connectivity index (χ0v) is 11.4. The Morgan fingerprint density at radius 2 is 2.15 bits per heavy atom. The van der Waals surface area contributed by atoms with Crippen molar-refractivity contribution >= 4 is 17.5 Å². The van der Waals surface area contributed by atoms with Crippen LogP contribution in [0.2, 0.25) is 0 Å². The van der Waals surface area contributed by atoms with Crippen LogP contribution in [-0.2, 0) is 9.59 Å². The molecule has 0 bridgehead atoms. The topological polar surface area (TPSA) is 73.2 Å². The van der Waals surface area contributed by atoms with Gasteiger partial charge in [0.2, 0.25) is 11.8 Å². The highest BCUT2D eigenvalue weighted by Gasteiger charge is 2.11. The van der Waals surface area contributed by atoms with Crippen LogP contribution in [0.5, 0.6) is 0 Å². The molecule has 0 spiro atoms. The summed E-state index contributed by atoms with van der Waals surface area (Å²) in [6.45, 7) is 5.76. The Morgan fingerprint density at radius 3 is 2.75 bits per heavy atom. The lowest BCUT2D eigenvalue weighted by molar-refractivity contribution is -0.128. The maximum atomic E-state index is 11.8. The maximum absolute atomic E-state index is 11.8. The number of hydrogen-bond donors (Lipinski definition) is 1. The third kappa shape index (κ3) is 4.58. The molecule has 5 nitrogen and oxygen atoms in total. The molecule has 0 aliphatic heterocycles. The molecule has 5 heteroatoms. The number of nitrogens with one attached hydrogen (secondary N) is 1. The van der Waals surface area contributed by atoms with E-state index in [1.165, 1.54) is 11.8 Å². The molecule has 1 aromatic carbocycles. The second kappa shape index (κ2) is 7.74. The first-order chi connectivity index (χ1) is 9.58. The Morgan fingerprint density at radius 1 is 1.45 bits per heavy atom. The molecule has 0 fully saturated rings. The Kier molecular flexibility index (Phi) is 5.98. The van der Waals surface area contributed by atoms with Gasteiger partial charge in [-0.2, -0.15) is 5.26 Å². The number of benzene rings is 1. The smallest absolute Gasteiger partial charge is 0.226 e. The fourth-order valence-corrected chi connectivity index (χ4v) is 1.67. The second-order valence-corrected chi connectivity index (χ2v) is 4.21. The molecule has 1 rings (SSSR count). The predicted molar refractivity (Wildman–Crippen MR) is 76.9 cm³/mol. The molecule has 0 saturated heterocycles. The van der Waals surface area contributed by atoms with Crippen molar-refractivity contribution in [3.05, 3.63) is 42.5 Å². The monoisotopic (exact) mass is 271 g/mol. The van der Waals surface area contributed by atoms with Crippen molar-refractivity contribution in [3.63, 3.8) is 0 Å². The summed E-state index contributed by atoms with van der Waals surface area (Å²) in [5, 5.41) is 11.6. The number of amides is 2. The van der Waals surface area contributed by atoms with E-state index in [0.29, 0.717) is 24.3 Å². The zero-order valence-electron chi connectivity index (χ0n) is 11.4. The molecule has 1 N–H and O–H groups in total. The van der Waals surface area contributed by atoms with Gasteiger partial charge < -0.3 is 10.2 Å². The highest BCUT2D eigenvalue weighted by atomic mass is 16.2. The van der Waals surface area contributed by atoms with Crippen molar-refractivity contribution in [2.45, 2.75) is 13.3 Å². The summed E-state index contributed by atoms with van der Waals surface area (Å²) in [4.78, 5) is 24.7. The highest BCUT2D eigenvalue weighted by molar-refractivity contribution is 5.92. The molecule has 0 atom stereocenters. The molecule has 0 aliphatic carbocycles. The molecule has 1 aromatic rings. The van der Waals surface area contributed by atoms with Gasteiger partial charge >= 0.3 is 0 Å². The molecule has 0 aromatic heterocycles. The number of rotatable bonds is 6. The lowest BCUT2D eigenvalue weighted by Gasteiger charge is -2.18. The fraction of sp³-hybridized carbons (Fsp3) is 0.267. The van der Waals surface area contributed by atoms with Gasteiger partial charge in [0.05, 0.1) is 11.3 Å². The Labute approximate surface area is 118 Å². The number of hydrogen-bond acceptors (Lipinski definition) is 3. The molecule has 0 radical (unpaired) electrons. The van der Waals surface area contributed by atoms with E-state index in [1.807, 2.05) is 6.07 Å². The number of carbonyl (C=O) groups excluding carboxylic acids is 2. The minimum absolute atomic E-state index is 0.102. The maximum Gasteiger partial charge on any atom is 0.226 e. The molecule has 2 amide bonds. The minimum Gasteiger partial charge on any atom is -0.339 e. The lowest BCUT2D eigenvalue weighted by atomic mass is 10.2. The average molecular weight is 271 g/mol. The molecule has 0 heterocycles. The SMILES string of the molecule is C=CCN(CCC(=O)Nc1ccccc1C#N)C(C)=O. The molecule has 0 aliphatic rings. The number of anilines is 1. The number of nitriles is 1. The van der Waals surface area contributed by atoms with Crippen molar-refractivity contribution in [2.24, 2.45) is 0 Å². The van der Waals surface area contributed by atoms with Gasteiger partial charge in [0, 0.05) is 26.4 Å². The second-order valence-electron chi connectivity index (χ2n) is 4.21. The Hall–Kier alpha value is -2.61. The molecule has 104 valence electrons. The Balaban J connectivity index is 2.58. The van der Waals surface area contributed by atoms with Crippen LogP contribution in [-0.4, -0.2) is 29.8 Å². The van der Waals surface area contributed by atoms with Crippen LogP contribution in [0.3, 0.4) is 0 Å². The first-order valence-corrected chi connectivity index (χ1v) is 6.24. The van der Waals surface area contributed by atoms with Crippen LogP contribution in [0.25, 0.3) is 0 Å². The summed E-state index contributed by atoms with van der Waals surface area (Å²) in [6, 6.07) is 8.79. The molecule has 20 heavy (non-hydrogen) atoms. The summed E-state index contributed by atoms with van der Waals surface area (Å²) < 4.78 is 0. The highest BCUT2D eigenvalue weighted by Crippen LogP contribution is 2.13. The van der Waals surface area contributed by atoms with Crippen LogP contribution >= 0.6 is 0 Å². The number of carbonyl (C=O) groups is 2. The third-order valence-corrected chi connectivity index (χ3v) is 2.73. The standard InChI is InChI=1S/C15H17N3O2/c1-3-9-18(12(2)19)10-8-15(20)17-14-7-5-4-6-13(14)11-16/h3-7H,1,8-10H2,2H3,(H,17,20). The van der Waals surface area contributed by atoms with Gasteiger partial charge in [-0.15, -0.1) is 6.58 Å². The van der Waals surface area contributed by atoms with Crippen LogP contribution in [0.1, 0.15) is 18.9 Å². The van der Waals surface area contributed by atoms with Crippen molar-refractivity contribution in [1.29, 1.82) is 5.26 Å². The van der Waals surface area contributed by atoms with Gasteiger partial charge in [0.25, 0.3) is 0 Å². The zero-order chi connectivity index (χ0) is 15.0. The van der Waals surface area contributed by atoms with Crippen molar-refractivity contribution in [2.75, 3.05) is 18.4 Å². The Bertz CT molecular complexity index is 546. The van der Waals surface area contributed by atoms with E-state index in [9.17, 15) is 9.59 Å². The van der Waals surface area contributed by atoms with E-state index in [0.717, 1.165) is 0 Å². The van der Waals surface area contributed by atoms with Gasteiger partial charge in [0.1, 0.15) is 6.07 Å². The largest absolute Gasteiger partial charge is 0.339 e. The van der Waals surface area contributed by atoms with Gasteiger partial charge in [-0.1, -0.05) is 18.2 Å². The average Bonchev–Trinajstić information content (AvgIpc) is 2.43. The van der Waals surface area contributed by atoms with Gasteiger partial charge in [-0.05, 0) is 12.1 Å². The van der Waals surface area contributed by atoms with E-state index in [2.05, 4.69) is 11.9 Å². The summed E-state index contributed by atoms with van der Waals surface area (Å²) in [7, 11) is 0. The van der Waals surface area contributed by atoms with Crippen LogP contribution in [0.4, 0.5) is 5.69 Å². The molecular weight excluding hydrogens is 254 g/mol. The summed E-state index contributed by atoms with van der Waals surface area (Å²) in [5.41, 5.74) is 0.897. The minimum atomic E-state index is -0.233. The summed E-state index contributed by atoms with van der Waals surface area (Å²) in [5.74, 6) is -0.335. The number of para-hydroxylation sites is 1. The van der Waals surface area contributed by atoms with E-state index >= 15 is 0 Å². The molecular formula is C15H17N3O2. The number of nitrogens with zero attached hydrogens (tertiary/aromatic N) is 2. The van der Waals surface area contributed by atoms with Crippen LogP contribution in [0, 0.1) is 11.3 Å². The van der Waals surface area contributed by atoms with E-state index in [4.69, 9.17) is 5.26 Å². The van der Waals surface area contributed by atoms with Crippen molar-refractivity contribution in [3.8, 4) is 6.07 Å². The van der Waals surface area contributed by atoms with Gasteiger partial charge in [-0.25, -0.2) is 0 Å². The quantitative estimate of drug-likeness (QED) is 0.803. The molecule has 0 saturated carbocycles. The van der Waals surface area contributed by atoms with Crippen LogP contribution < -0.4 is 5.32 Å². The van der Waals surface area contributed by atoms with E-state index in [1.54, 1.807) is 30.3 Å². The van der Waals surface area contributed by atoms with Crippen LogP contribution in [0.15, 0.2) is 36.9 Å². The molecule has 0 unspecified atom stereocenters. The normalized spacial score (nSPS) is 9.40. The third-order valence-electron chi connectivity index (χ3n) is 2.73. The van der Waals surface area contributed by atoms with Crippen molar-refractivity contribution < 1.29 is 9.59 Å². The lowest BCUT2D eigenvalue weighted by Crippen LogP contribution is -2.32. The van der Waals surface area contributed by atoms with Gasteiger partial charge in [0.15, 0.2) is 0 Å². The van der Waals surface area contributed by atoms with E-state index in [-0.39, 0.29) is 18.2 Å². The van der Waals surface area contributed by atoms with Crippen molar-refractivity contribution in [1.82, 2.24) is 4.90 Å². The summed E-state index contributed by atoms with van der Waals surface area (Å²) >= 11 is 0. The van der Waals surface area contributed by atoms with E-state index < -0.39 is 0 Å².